The van der Waals surface area contributed by atoms with Crippen LogP contribution in [-0.4, -0.2) is 36.2 Å². The van der Waals surface area contributed by atoms with Crippen LogP contribution in [-0.2, 0) is 11.2 Å². The number of imide groups is 1. The molecule has 23 heavy (non-hydrogen) atoms. The molecule has 0 aliphatic carbocycles. The molecule has 0 aromatic heterocycles. The Bertz CT molecular complexity index is 802. The lowest BCUT2D eigenvalue weighted by Gasteiger charge is -2.31. The lowest BCUT2D eigenvalue weighted by molar-refractivity contribution is 0.121. The highest BCUT2D eigenvalue weighted by Gasteiger charge is 2.44. The molecule has 1 atom stereocenters. The van der Waals surface area contributed by atoms with E-state index in [1.165, 1.54) is 21.2 Å². The van der Waals surface area contributed by atoms with Crippen molar-refractivity contribution in [1.29, 1.82) is 0 Å². The van der Waals surface area contributed by atoms with Crippen molar-refractivity contribution < 1.29 is 14.3 Å². The number of hydrogen-bond acceptors (Lipinski definition) is 3. The molecule has 5 nitrogen and oxygen atoms in total. The van der Waals surface area contributed by atoms with Crippen molar-refractivity contribution in [2.75, 3.05) is 18.1 Å². The van der Waals surface area contributed by atoms with Crippen LogP contribution >= 0.6 is 0 Å². The van der Waals surface area contributed by atoms with Gasteiger partial charge in [0.15, 0.2) is 0 Å². The van der Waals surface area contributed by atoms with Crippen molar-refractivity contribution in [2.24, 2.45) is 0 Å². The van der Waals surface area contributed by atoms with Gasteiger partial charge >= 0.3 is 12.1 Å². The molecule has 0 unspecified atom stereocenters. The first-order valence-electron chi connectivity index (χ1n) is 7.99. The minimum atomic E-state index is -0.547. The molecular weight excluding hydrogens is 292 g/mol. The topological polar surface area (TPSA) is 49.9 Å². The molecule has 2 aromatic carbocycles. The Labute approximate surface area is 134 Å². The van der Waals surface area contributed by atoms with E-state index >= 15 is 0 Å². The lowest BCUT2D eigenvalue weighted by atomic mass is 9.92. The van der Waals surface area contributed by atoms with Crippen molar-refractivity contribution in [3.63, 3.8) is 0 Å². The van der Waals surface area contributed by atoms with Crippen LogP contribution in [0.25, 0.3) is 10.8 Å². The van der Waals surface area contributed by atoms with E-state index in [1.54, 1.807) is 11.8 Å². The quantitative estimate of drug-likeness (QED) is 0.809. The van der Waals surface area contributed by atoms with E-state index in [9.17, 15) is 9.59 Å². The number of carbonyl (C=O) groups is 2. The summed E-state index contributed by atoms with van der Waals surface area (Å²) in [5.74, 6) is 0. The third kappa shape index (κ3) is 2.07. The zero-order chi connectivity index (χ0) is 16.0. The maximum Gasteiger partial charge on any atom is 0.418 e. The SMILES string of the molecule is CCOC(=O)N1C[C@H]2CCc3c(ccc4ccccc34)N2C1=O. The van der Waals surface area contributed by atoms with Gasteiger partial charge in [0.25, 0.3) is 0 Å². The number of nitrogens with zero attached hydrogens (tertiary/aromatic N) is 2. The molecule has 2 heterocycles. The number of urea groups is 1. The summed E-state index contributed by atoms with van der Waals surface area (Å²) >= 11 is 0. The van der Waals surface area contributed by atoms with Gasteiger partial charge in [0, 0.05) is 5.69 Å². The molecule has 0 radical (unpaired) electrons. The van der Waals surface area contributed by atoms with E-state index < -0.39 is 6.09 Å². The van der Waals surface area contributed by atoms with Gasteiger partial charge in [-0.2, -0.15) is 0 Å². The van der Waals surface area contributed by atoms with Crippen LogP contribution in [0, 0.1) is 0 Å². The average Bonchev–Trinajstić information content (AvgIpc) is 2.92. The maximum atomic E-state index is 12.7. The second-order valence-corrected chi connectivity index (χ2v) is 5.94. The van der Waals surface area contributed by atoms with E-state index in [4.69, 9.17) is 4.74 Å². The first kappa shape index (κ1) is 14.1. The Hall–Kier alpha value is -2.56. The zero-order valence-electron chi connectivity index (χ0n) is 13.0. The van der Waals surface area contributed by atoms with Gasteiger partial charge in [-0.05, 0) is 42.2 Å². The molecule has 4 rings (SSSR count). The molecule has 0 N–H and O–H groups in total. The predicted octanol–water partition coefficient (Wildman–Crippen LogP) is 3.55. The van der Waals surface area contributed by atoms with Gasteiger partial charge in [0.05, 0.1) is 19.2 Å². The minimum absolute atomic E-state index is 0.0422. The molecule has 0 bridgehead atoms. The van der Waals surface area contributed by atoms with Crippen molar-refractivity contribution >= 4 is 28.6 Å². The van der Waals surface area contributed by atoms with E-state index in [0.717, 1.165) is 18.5 Å². The molecule has 5 heteroatoms. The van der Waals surface area contributed by atoms with Gasteiger partial charge < -0.3 is 4.74 Å². The van der Waals surface area contributed by atoms with Gasteiger partial charge in [-0.1, -0.05) is 30.3 Å². The van der Waals surface area contributed by atoms with Gasteiger partial charge in [0.1, 0.15) is 0 Å². The molecule has 0 saturated carbocycles. The predicted molar refractivity (Wildman–Crippen MR) is 87.7 cm³/mol. The van der Waals surface area contributed by atoms with Crippen LogP contribution in [0.1, 0.15) is 18.9 Å². The summed E-state index contributed by atoms with van der Waals surface area (Å²) in [6, 6.07) is 12.0. The van der Waals surface area contributed by atoms with E-state index in [1.807, 2.05) is 24.3 Å². The number of aryl methyl sites for hydroxylation is 1. The number of anilines is 1. The Kier molecular flexibility index (Phi) is 3.22. The summed E-state index contributed by atoms with van der Waals surface area (Å²) in [6.07, 6.45) is 1.24. The number of hydrogen-bond donors (Lipinski definition) is 0. The second-order valence-electron chi connectivity index (χ2n) is 5.94. The third-order valence-corrected chi connectivity index (χ3v) is 4.69. The number of fused-ring (bicyclic) bond motifs is 5. The monoisotopic (exact) mass is 310 g/mol. The lowest BCUT2D eigenvalue weighted by Crippen LogP contribution is -2.39. The highest BCUT2D eigenvalue weighted by Crippen LogP contribution is 2.39. The van der Waals surface area contributed by atoms with Crippen molar-refractivity contribution in [3.8, 4) is 0 Å². The molecule has 1 fully saturated rings. The fourth-order valence-corrected chi connectivity index (χ4v) is 3.65. The summed E-state index contributed by atoms with van der Waals surface area (Å²) in [5.41, 5.74) is 2.12. The standard InChI is InChI=1S/C18H18N2O3/c1-2-23-18(22)19-11-13-8-9-15-14-6-4-3-5-12(14)7-10-16(15)20(13)17(19)21/h3-7,10,13H,2,8-9,11H2,1H3/t13-/m1/s1. The fourth-order valence-electron chi connectivity index (χ4n) is 3.65. The smallest absolute Gasteiger partial charge is 0.418 e. The van der Waals surface area contributed by atoms with E-state index in [2.05, 4.69) is 12.1 Å². The zero-order valence-corrected chi connectivity index (χ0v) is 13.0. The van der Waals surface area contributed by atoms with Gasteiger partial charge in [-0.15, -0.1) is 0 Å². The summed E-state index contributed by atoms with van der Waals surface area (Å²) in [5, 5.41) is 2.37. The molecule has 2 aliphatic heterocycles. The average molecular weight is 310 g/mol. The van der Waals surface area contributed by atoms with Crippen molar-refractivity contribution in [1.82, 2.24) is 4.90 Å². The van der Waals surface area contributed by atoms with Crippen LogP contribution in [0.3, 0.4) is 0 Å². The van der Waals surface area contributed by atoms with Crippen LogP contribution in [0.2, 0.25) is 0 Å². The number of ether oxygens (including phenoxy) is 1. The molecule has 1 saturated heterocycles. The Morgan fingerprint density at radius 3 is 2.91 bits per heavy atom. The van der Waals surface area contributed by atoms with Crippen LogP contribution in [0.5, 0.6) is 0 Å². The van der Waals surface area contributed by atoms with Crippen LogP contribution < -0.4 is 4.90 Å². The van der Waals surface area contributed by atoms with E-state index in [0.29, 0.717) is 6.54 Å². The fraction of sp³-hybridized carbons (Fsp3) is 0.333. The largest absolute Gasteiger partial charge is 0.449 e. The molecule has 3 amide bonds. The molecule has 0 spiro atoms. The third-order valence-electron chi connectivity index (χ3n) is 4.69. The number of amides is 3. The highest BCUT2D eigenvalue weighted by molar-refractivity contribution is 6.06. The molecule has 2 aliphatic rings. The summed E-state index contributed by atoms with van der Waals surface area (Å²) in [6.45, 7) is 2.42. The Morgan fingerprint density at radius 2 is 2.09 bits per heavy atom. The van der Waals surface area contributed by atoms with Gasteiger partial charge in [-0.3, -0.25) is 4.90 Å². The number of carbonyl (C=O) groups excluding carboxylic acids is 2. The normalized spacial score (nSPS) is 19.7. The van der Waals surface area contributed by atoms with E-state index in [-0.39, 0.29) is 18.7 Å². The maximum absolute atomic E-state index is 12.7. The molecule has 118 valence electrons. The summed E-state index contributed by atoms with van der Waals surface area (Å²) in [4.78, 5) is 27.7. The highest BCUT2D eigenvalue weighted by atomic mass is 16.6. The Morgan fingerprint density at radius 1 is 1.26 bits per heavy atom. The van der Waals surface area contributed by atoms with Crippen molar-refractivity contribution in [3.05, 3.63) is 42.0 Å². The Balaban J connectivity index is 1.76. The summed E-state index contributed by atoms with van der Waals surface area (Å²) in [7, 11) is 0. The van der Waals surface area contributed by atoms with Crippen molar-refractivity contribution in [2.45, 2.75) is 25.8 Å². The number of benzene rings is 2. The van der Waals surface area contributed by atoms with Crippen LogP contribution in [0.4, 0.5) is 15.3 Å². The van der Waals surface area contributed by atoms with Gasteiger partial charge in [0.2, 0.25) is 0 Å². The first-order chi connectivity index (χ1) is 11.2. The number of rotatable bonds is 1. The second kappa shape index (κ2) is 5.26. The molecular formula is C18H18N2O3. The van der Waals surface area contributed by atoms with Gasteiger partial charge in [-0.25, -0.2) is 14.5 Å². The minimum Gasteiger partial charge on any atom is -0.449 e. The van der Waals surface area contributed by atoms with Crippen LogP contribution in [0.15, 0.2) is 36.4 Å². The summed E-state index contributed by atoms with van der Waals surface area (Å²) < 4.78 is 5.00. The first-order valence-corrected chi connectivity index (χ1v) is 7.99. The molecule has 2 aromatic rings.